The molecule has 1 saturated carbocycles. The Balaban J connectivity index is 1.52. The normalized spacial score (nSPS) is 22.4. The van der Waals surface area contributed by atoms with Crippen molar-refractivity contribution in [3.63, 3.8) is 0 Å². The number of carbonyl (C=O) groups is 1. The highest BCUT2D eigenvalue weighted by atomic mass is 16.5. The number of likely N-dealkylation sites (tertiary alicyclic amines) is 1. The van der Waals surface area contributed by atoms with E-state index in [0.29, 0.717) is 36.1 Å². The number of methoxy groups -OCH3 is 3. The summed E-state index contributed by atoms with van der Waals surface area (Å²) in [4.78, 5) is 14.9. The summed E-state index contributed by atoms with van der Waals surface area (Å²) >= 11 is 0. The quantitative estimate of drug-likeness (QED) is 0.638. The van der Waals surface area contributed by atoms with Crippen LogP contribution in [0.15, 0.2) is 42.5 Å². The molecule has 1 aliphatic heterocycles. The number of rotatable bonds is 9. The van der Waals surface area contributed by atoms with Gasteiger partial charge in [-0.1, -0.05) is 30.3 Å². The van der Waals surface area contributed by atoms with Crippen molar-refractivity contribution in [2.45, 2.75) is 44.2 Å². The maximum atomic E-state index is 12.8. The number of ether oxygens (including phenoxy) is 3. The summed E-state index contributed by atoms with van der Waals surface area (Å²) in [6.07, 6.45) is 4.94. The van der Waals surface area contributed by atoms with Crippen LogP contribution < -0.4 is 14.2 Å². The first-order valence-corrected chi connectivity index (χ1v) is 10.2. The zero-order valence-electron chi connectivity index (χ0n) is 17.4. The van der Waals surface area contributed by atoms with Crippen molar-refractivity contribution in [2.24, 2.45) is 5.92 Å². The van der Waals surface area contributed by atoms with Crippen LogP contribution in [0.2, 0.25) is 0 Å². The number of benzene rings is 2. The highest BCUT2D eigenvalue weighted by Crippen LogP contribution is 2.59. The number of hydrogen-bond acceptors (Lipinski definition) is 4. The summed E-state index contributed by atoms with van der Waals surface area (Å²) in [5.74, 6) is 2.79. The molecule has 5 heteroatoms. The summed E-state index contributed by atoms with van der Waals surface area (Å²) < 4.78 is 16.5. The molecule has 0 spiro atoms. The minimum Gasteiger partial charge on any atom is -0.496 e. The maximum Gasteiger partial charge on any atom is 0.223 e. The van der Waals surface area contributed by atoms with Gasteiger partial charge in [-0.3, -0.25) is 4.79 Å². The van der Waals surface area contributed by atoms with Gasteiger partial charge in [-0.2, -0.15) is 0 Å². The molecule has 5 nitrogen and oxygen atoms in total. The summed E-state index contributed by atoms with van der Waals surface area (Å²) in [5, 5.41) is 0. The average molecular weight is 395 g/mol. The molecule has 2 atom stereocenters. The monoisotopic (exact) mass is 395 g/mol. The summed E-state index contributed by atoms with van der Waals surface area (Å²) in [6, 6.07) is 14.3. The third-order valence-electron chi connectivity index (χ3n) is 6.51. The molecule has 0 unspecified atom stereocenters. The Morgan fingerprint density at radius 2 is 1.72 bits per heavy atom. The molecule has 0 bridgehead atoms. The lowest BCUT2D eigenvalue weighted by molar-refractivity contribution is -0.131. The first-order valence-electron chi connectivity index (χ1n) is 10.2. The molecule has 1 amide bonds. The fraction of sp³-hybridized carbons (Fsp3) is 0.458. The van der Waals surface area contributed by atoms with E-state index >= 15 is 0 Å². The number of nitrogens with zero attached hydrogens (tertiary/aromatic N) is 1. The van der Waals surface area contributed by atoms with Gasteiger partial charge in [0.2, 0.25) is 5.91 Å². The Morgan fingerprint density at radius 1 is 1.03 bits per heavy atom. The first-order chi connectivity index (χ1) is 14.1. The largest absolute Gasteiger partial charge is 0.496 e. The first kappa shape index (κ1) is 19.6. The number of amides is 1. The van der Waals surface area contributed by atoms with Gasteiger partial charge in [0, 0.05) is 24.1 Å². The molecule has 0 N–H and O–H groups in total. The van der Waals surface area contributed by atoms with Crippen molar-refractivity contribution in [2.75, 3.05) is 21.3 Å². The molecule has 2 aliphatic rings. The molecule has 2 aromatic rings. The van der Waals surface area contributed by atoms with Crippen LogP contribution >= 0.6 is 0 Å². The molecular weight excluding hydrogens is 366 g/mol. The number of fused-ring (bicyclic) bond motifs is 1. The maximum absolute atomic E-state index is 12.8. The van der Waals surface area contributed by atoms with Crippen molar-refractivity contribution in [1.82, 2.24) is 4.90 Å². The van der Waals surface area contributed by atoms with Gasteiger partial charge < -0.3 is 19.1 Å². The second-order valence-electron chi connectivity index (χ2n) is 8.04. The van der Waals surface area contributed by atoms with Gasteiger partial charge in [0.15, 0.2) is 0 Å². The SMILES string of the molecule is COc1cc(OC)c(CN2C(=O)C[C@H]3C[C@]32CCCc2ccccc2)c(OC)c1. The Labute approximate surface area is 172 Å². The minimum atomic E-state index is 0.00180. The third kappa shape index (κ3) is 3.66. The highest BCUT2D eigenvalue weighted by molar-refractivity contribution is 5.82. The molecule has 1 saturated heterocycles. The lowest BCUT2D eigenvalue weighted by atomic mass is 10.0. The minimum absolute atomic E-state index is 0.00180. The zero-order valence-corrected chi connectivity index (χ0v) is 17.4. The standard InChI is InChI=1S/C24H29NO4/c1-27-19-13-21(28-2)20(22(14-19)29-3)16-25-23(26)12-18-15-24(18,25)11-7-10-17-8-5-4-6-9-17/h4-6,8-9,13-14,18H,7,10-12,15-16H2,1-3H3/t18-,24+/m0/s1. The van der Waals surface area contributed by atoms with Gasteiger partial charge in [-0.05, 0) is 37.2 Å². The van der Waals surface area contributed by atoms with E-state index in [9.17, 15) is 4.79 Å². The lowest BCUT2D eigenvalue weighted by Crippen LogP contribution is -2.38. The summed E-state index contributed by atoms with van der Waals surface area (Å²) in [5.41, 5.74) is 2.26. The van der Waals surface area contributed by atoms with Crippen molar-refractivity contribution < 1.29 is 19.0 Å². The number of piperidine rings is 1. The second kappa shape index (κ2) is 7.97. The predicted octanol–water partition coefficient (Wildman–Crippen LogP) is 4.23. The van der Waals surface area contributed by atoms with E-state index in [1.54, 1.807) is 21.3 Å². The highest BCUT2D eigenvalue weighted by Gasteiger charge is 2.64. The molecule has 2 aromatic carbocycles. The Kier molecular flexibility index (Phi) is 5.39. The van der Waals surface area contributed by atoms with Crippen molar-refractivity contribution in [3.05, 3.63) is 53.6 Å². The van der Waals surface area contributed by atoms with Crippen LogP contribution in [0.4, 0.5) is 0 Å². The number of aryl methyl sites for hydroxylation is 1. The van der Waals surface area contributed by atoms with E-state index in [1.807, 2.05) is 18.2 Å². The Hall–Kier alpha value is -2.69. The van der Waals surface area contributed by atoms with E-state index in [-0.39, 0.29) is 11.4 Å². The fourth-order valence-corrected chi connectivity index (χ4v) is 4.85. The second-order valence-corrected chi connectivity index (χ2v) is 8.04. The van der Waals surface area contributed by atoms with Gasteiger partial charge in [0.1, 0.15) is 17.2 Å². The fourth-order valence-electron chi connectivity index (χ4n) is 4.85. The molecule has 154 valence electrons. The van der Waals surface area contributed by atoms with Gasteiger partial charge in [0.05, 0.1) is 33.4 Å². The molecular formula is C24H29NO4. The smallest absolute Gasteiger partial charge is 0.223 e. The van der Waals surface area contributed by atoms with Crippen LogP contribution in [0.1, 0.15) is 36.8 Å². The summed E-state index contributed by atoms with van der Waals surface area (Å²) in [7, 11) is 4.90. The molecule has 29 heavy (non-hydrogen) atoms. The van der Waals surface area contributed by atoms with Crippen LogP contribution in [0.3, 0.4) is 0 Å². The van der Waals surface area contributed by atoms with Crippen molar-refractivity contribution >= 4 is 5.91 Å². The molecule has 0 radical (unpaired) electrons. The lowest BCUT2D eigenvalue weighted by Gasteiger charge is -2.30. The molecule has 1 aliphatic carbocycles. The Bertz CT molecular complexity index is 857. The van der Waals surface area contributed by atoms with Gasteiger partial charge >= 0.3 is 0 Å². The zero-order chi connectivity index (χ0) is 20.4. The average Bonchev–Trinajstić information content (AvgIpc) is 3.37. The molecule has 0 aromatic heterocycles. The van der Waals surface area contributed by atoms with Crippen molar-refractivity contribution in [1.29, 1.82) is 0 Å². The van der Waals surface area contributed by atoms with Gasteiger partial charge in [-0.25, -0.2) is 0 Å². The van der Waals surface area contributed by atoms with E-state index in [1.165, 1.54) is 5.56 Å². The van der Waals surface area contributed by atoms with Gasteiger partial charge in [-0.15, -0.1) is 0 Å². The van der Waals surface area contributed by atoms with Gasteiger partial charge in [0.25, 0.3) is 0 Å². The Morgan fingerprint density at radius 3 is 2.34 bits per heavy atom. The summed E-state index contributed by atoms with van der Waals surface area (Å²) in [6.45, 7) is 0.511. The molecule has 2 fully saturated rings. The molecule has 4 rings (SSSR count). The van der Waals surface area contributed by atoms with Crippen LogP contribution in [0, 0.1) is 5.92 Å². The topological polar surface area (TPSA) is 48.0 Å². The van der Waals surface area contributed by atoms with Crippen LogP contribution in [-0.4, -0.2) is 37.7 Å². The molecule has 1 heterocycles. The van der Waals surface area contributed by atoms with E-state index in [2.05, 4.69) is 29.2 Å². The number of carbonyl (C=O) groups excluding carboxylic acids is 1. The van der Waals surface area contributed by atoms with E-state index in [4.69, 9.17) is 14.2 Å². The van der Waals surface area contributed by atoms with Crippen LogP contribution in [0.5, 0.6) is 17.2 Å². The van der Waals surface area contributed by atoms with E-state index in [0.717, 1.165) is 31.2 Å². The predicted molar refractivity (Wildman–Crippen MR) is 111 cm³/mol. The van der Waals surface area contributed by atoms with Crippen molar-refractivity contribution in [3.8, 4) is 17.2 Å². The van der Waals surface area contributed by atoms with Crippen LogP contribution in [0.25, 0.3) is 0 Å². The third-order valence-corrected chi connectivity index (χ3v) is 6.51. The number of hydrogen-bond donors (Lipinski definition) is 0. The van der Waals surface area contributed by atoms with E-state index < -0.39 is 0 Å². The van der Waals surface area contributed by atoms with Crippen LogP contribution in [-0.2, 0) is 17.8 Å².